The highest BCUT2D eigenvalue weighted by atomic mass is 35.5. The Morgan fingerprint density at radius 3 is 2.77 bits per heavy atom. The molecule has 0 aliphatic carbocycles. The number of benzene rings is 2. The first-order chi connectivity index (χ1) is 12.6. The normalized spacial score (nSPS) is 11.0. The smallest absolute Gasteiger partial charge is 0.300 e. The van der Waals surface area contributed by atoms with Crippen LogP contribution in [-0.4, -0.2) is 19.5 Å². The molecular formula is C19H16ClN5O. The van der Waals surface area contributed by atoms with Gasteiger partial charge in [-0.3, -0.25) is 9.36 Å². The van der Waals surface area contributed by atoms with Crippen molar-refractivity contribution in [3.05, 3.63) is 81.4 Å². The third-order valence-electron chi connectivity index (χ3n) is 4.25. The first-order valence-corrected chi connectivity index (χ1v) is 8.51. The van der Waals surface area contributed by atoms with Gasteiger partial charge in [0.05, 0.1) is 12.9 Å². The second kappa shape index (κ2) is 6.65. The molecule has 0 amide bonds. The molecule has 2 N–H and O–H groups in total. The zero-order valence-corrected chi connectivity index (χ0v) is 14.8. The summed E-state index contributed by atoms with van der Waals surface area (Å²) in [5, 5.41) is 3.88. The maximum absolute atomic E-state index is 12.3. The van der Waals surface area contributed by atoms with Crippen molar-refractivity contribution >= 4 is 34.4 Å². The number of imidazole rings is 1. The molecule has 0 aliphatic rings. The van der Waals surface area contributed by atoms with E-state index in [0.717, 1.165) is 16.8 Å². The summed E-state index contributed by atoms with van der Waals surface area (Å²) in [4.78, 5) is 23.8. The molecule has 0 atom stereocenters. The minimum Gasteiger partial charge on any atom is -0.339 e. The molecule has 0 saturated heterocycles. The van der Waals surface area contributed by atoms with Crippen molar-refractivity contribution in [1.29, 1.82) is 0 Å². The van der Waals surface area contributed by atoms with Gasteiger partial charge >= 0.3 is 5.56 Å². The van der Waals surface area contributed by atoms with Crippen LogP contribution in [0.25, 0.3) is 11.2 Å². The number of hydrogen-bond donors (Lipinski definition) is 2. The maximum atomic E-state index is 12.3. The highest BCUT2D eigenvalue weighted by Crippen LogP contribution is 2.26. The molecule has 0 spiro atoms. The number of nitrogens with one attached hydrogen (secondary N) is 2. The van der Waals surface area contributed by atoms with Gasteiger partial charge in [0.15, 0.2) is 11.2 Å². The summed E-state index contributed by atoms with van der Waals surface area (Å²) in [7, 11) is 0. The summed E-state index contributed by atoms with van der Waals surface area (Å²) in [5.74, 6) is 0.420. The molecule has 26 heavy (non-hydrogen) atoms. The van der Waals surface area contributed by atoms with Gasteiger partial charge in [-0.2, -0.15) is 4.98 Å². The summed E-state index contributed by atoms with van der Waals surface area (Å²) < 4.78 is 1.88. The summed E-state index contributed by atoms with van der Waals surface area (Å²) in [5.41, 5.74) is 3.33. The van der Waals surface area contributed by atoms with E-state index >= 15 is 0 Å². The largest absolute Gasteiger partial charge is 0.339 e. The molecule has 2 aromatic heterocycles. The van der Waals surface area contributed by atoms with Crippen molar-refractivity contribution < 1.29 is 0 Å². The lowest BCUT2D eigenvalue weighted by Gasteiger charge is -2.16. The third-order valence-corrected chi connectivity index (χ3v) is 4.66. The Hall–Kier alpha value is -3.12. The van der Waals surface area contributed by atoms with Crippen LogP contribution in [0.1, 0.15) is 11.1 Å². The minimum atomic E-state index is -0.357. The van der Waals surface area contributed by atoms with Crippen LogP contribution in [0, 0.1) is 6.92 Å². The van der Waals surface area contributed by atoms with Crippen LogP contribution < -0.4 is 10.9 Å². The average molecular weight is 366 g/mol. The Bertz CT molecular complexity index is 1130. The lowest BCUT2D eigenvalue weighted by molar-refractivity contribution is 0.801. The van der Waals surface area contributed by atoms with Crippen LogP contribution in [0.4, 0.5) is 11.6 Å². The Kier molecular flexibility index (Phi) is 4.18. The zero-order chi connectivity index (χ0) is 18.1. The number of rotatable bonds is 4. The molecule has 130 valence electrons. The number of fused-ring (bicyclic) bond motifs is 1. The first kappa shape index (κ1) is 16.4. The van der Waals surface area contributed by atoms with E-state index in [1.165, 1.54) is 6.33 Å². The lowest BCUT2D eigenvalue weighted by atomic mass is 10.2. The molecule has 0 bridgehead atoms. The monoisotopic (exact) mass is 365 g/mol. The second-order valence-electron chi connectivity index (χ2n) is 5.95. The van der Waals surface area contributed by atoms with Gasteiger partial charge in [0, 0.05) is 10.7 Å². The van der Waals surface area contributed by atoms with Crippen LogP contribution in [0.2, 0.25) is 5.02 Å². The number of nitrogens with zero attached hydrogens (tertiary/aromatic N) is 3. The van der Waals surface area contributed by atoms with E-state index in [-0.39, 0.29) is 5.56 Å². The molecule has 0 radical (unpaired) electrons. The molecule has 4 rings (SSSR count). The number of halogens is 1. The summed E-state index contributed by atoms with van der Waals surface area (Å²) in [6.07, 6.45) is 1.50. The lowest BCUT2D eigenvalue weighted by Crippen LogP contribution is -2.18. The third kappa shape index (κ3) is 2.95. The van der Waals surface area contributed by atoms with Crippen molar-refractivity contribution in [3.8, 4) is 0 Å². The van der Waals surface area contributed by atoms with E-state index in [4.69, 9.17) is 11.6 Å². The van der Waals surface area contributed by atoms with Crippen molar-refractivity contribution in [2.24, 2.45) is 0 Å². The number of aromatic nitrogens is 4. The maximum Gasteiger partial charge on any atom is 0.300 e. The van der Waals surface area contributed by atoms with Crippen molar-refractivity contribution in [1.82, 2.24) is 19.5 Å². The van der Waals surface area contributed by atoms with Gasteiger partial charge in [-0.15, -0.1) is 0 Å². The average Bonchev–Trinajstić information content (AvgIpc) is 3.13. The fourth-order valence-electron chi connectivity index (χ4n) is 2.84. The van der Waals surface area contributed by atoms with Gasteiger partial charge in [-0.1, -0.05) is 48.0 Å². The molecule has 2 heterocycles. The Morgan fingerprint density at radius 1 is 1.15 bits per heavy atom. The van der Waals surface area contributed by atoms with Gasteiger partial charge in [0.1, 0.15) is 0 Å². The van der Waals surface area contributed by atoms with Crippen molar-refractivity contribution in [2.75, 3.05) is 5.32 Å². The summed E-state index contributed by atoms with van der Waals surface area (Å²) >= 11 is 6.21. The van der Waals surface area contributed by atoms with Crippen molar-refractivity contribution in [3.63, 3.8) is 0 Å². The number of anilines is 2. The molecule has 0 saturated carbocycles. The van der Waals surface area contributed by atoms with E-state index in [1.54, 1.807) is 0 Å². The standard InChI is InChI=1S/C19H16ClN5O/c1-12-14(20)8-5-9-15(12)23-19-24-18(26)16-17(22-11-21-16)25(19)10-13-6-3-2-4-7-13/h2-9,11H,10H2,1H3,(H,21,22)(H,23,24,26). The highest BCUT2D eigenvalue weighted by Gasteiger charge is 2.14. The Balaban J connectivity index is 1.86. The van der Waals surface area contributed by atoms with Gasteiger partial charge in [-0.05, 0) is 30.2 Å². The van der Waals surface area contributed by atoms with E-state index in [0.29, 0.717) is 28.7 Å². The fraction of sp³-hybridized carbons (Fsp3) is 0.105. The summed E-state index contributed by atoms with van der Waals surface area (Å²) in [6, 6.07) is 15.5. The predicted molar refractivity (Wildman–Crippen MR) is 103 cm³/mol. The molecular weight excluding hydrogens is 350 g/mol. The van der Waals surface area contributed by atoms with Crippen LogP contribution >= 0.6 is 11.6 Å². The van der Waals surface area contributed by atoms with E-state index in [9.17, 15) is 4.79 Å². The molecule has 2 aromatic carbocycles. The van der Waals surface area contributed by atoms with Crippen LogP contribution in [0.15, 0.2) is 59.7 Å². The topological polar surface area (TPSA) is 75.6 Å². The van der Waals surface area contributed by atoms with Gasteiger partial charge in [0.2, 0.25) is 5.95 Å². The van der Waals surface area contributed by atoms with Crippen molar-refractivity contribution in [2.45, 2.75) is 13.5 Å². The summed E-state index contributed by atoms with van der Waals surface area (Å²) in [6.45, 7) is 2.44. The number of H-pyrrole nitrogens is 1. The molecule has 7 heteroatoms. The van der Waals surface area contributed by atoms with Gasteiger partial charge in [0.25, 0.3) is 0 Å². The zero-order valence-electron chi connectivity index (χ0n) is 14.0. The number of hydrogen-bond acceptors (Lipinski definition) is 4. The molecule has 6 nitrogen and oxygen atoms in total. The van der Waals surface area contributed by atoms with E-state index < -0.39 is 0 Å². The van der Waals surface area contributed by atoms with E-state index in [2.05, 4.69) is 20.3 Å². The molecule has 4 aromatic rings. The predicted octanol–water partition coefficient (Wildman–Crippen LogP) is 3.87. The Morgan fingerprint density at radius 2 is 1.96 bits per heavy atom. The molecule has 0 fully saturated rings. The SMILES string of the molecule is Cc1c(Cl)cccc1Nc1nc(=O)c2[nH]cnc2n1Cc1ccccc1. The van der Waals surface area contributed by atoms with Gasteiger partial charge < -0.3 is 10.3 Å². The van der Waals surface area contributed by atoms with Crippen LogP contribution in [-0.2, 0) is 6.54 Å². The second-order valence-corrected chi connectivity index (χ2v) is 6.36. The Labute approximate surface area is 154 Å². The quantitative estimate of drug-likeness (QED) is 0.575. The molecule has 0 unspecified atom stereocenters. The minimum absolute atomic E-state index is 0.357. The first-order valence-electron chi connectivity index (χ1n) is 8.13. The number of aromatic amines is 1. The van der Waals surface area contributed by atoms with Crippen LogP contribution in [0.5, 0.6) is 0 Å². The van der Waals surface area contributed by atoms with Crippen LogP contribution in [0.3, 0.4) is 0 Å². The van der Waals surface area contributed by atoms with E-state index in [1.807, 2.05) is 60.0 Å². The highest BCUT2D eigenvalue weighted by molar-refractivity contribution is 6.31. The molecule has 0 aliphatic heterocycles. The fourth-order valence-corrected chi connectivity index (χ4v) is 3.01. The van der Waals surface area contributed by atoms with Gasteiger partial charge in [-0.25, -0.2) is 4.98 Å².